The van der Waals surface area contributed by atoms with Gasteiger partial charge >= 0.3 is 0 Å². The Labute approximate surface area is 100 Å². The van der Waals surface area contributed by atoms with Crippen molar-refractivity contribution in [3.63, 3.8) is 0 Å². The normalized spacial score (nSPS) is 28.5. The zero-order chi connectivity index (χ0) is 11.4. The molecule has 0 heterocycles. The zero-order valence-electron chi connectivity index (χ0n) is 10.9. The fraction of sp³-hybridized carbons (Fsp3) is 1.00. The van der Waals surface area contributed by atoms with E-state index in [1.807, 2.05) is 0 Å². The minimum Gasteiger partial charge on any atom is -0.381 e. The summed E-state index contributed by atoms with van der Waals surface area (Å²) >= 11 is 0. The molecule has 0 spiro atoms. The van der Waals surface area contributed by atoms with Crippen molar-refractivity contribution in [1.82, 2.24) is 5.32 Å². The summed E-state index contributed by atoms with van der Waals surface area (Å²) in [7, 11) is 0. The maximum absolute atomic E-state index is 5.62. The molecule has 0 bridgehead atoms. The summed E-state index contributed by atoms with van der Waals surface area (Å²) in [6.07, 6.45) is 8.04. The van der Waals surface area contributed by atoms with Crippen LogP contribution in [-0.2, 0) is 4.74 Å². The molecule has 2 fully saturated rings. The van der Waals surface area contributed by atoms with Crippen LogP contribution in [-0.4, -0.2) is 25.8 Å². The van der Waals surface area contributed by atoms with Crippen LogP contribution in [0.3, 0.4) is 0 Å². The van der Waals surface area contributed by atoms with E-state index in [0.717, 1.165) is 31.7 Å². The van der Waals surface area contributed by atoms with Gasteiger partial charge in [-0.05, 0) is 56.4 Å². The van der Waals surface area contributed by atoms with Crippen LogP contribution in [0.25, 0.3) is 0 Å². The van der Waals surface area contributed by atoms with E-state index >= 15 is 0 Å². The molecule has 0 amide bonds. The van der Waals surface area contributed by atoms with Crippen LogP contribution in [0.1, 0.15) is 52.4 Å². The molecule has 1 N–H and O–H groups in total. The van der Waals surface area contributed by atoms with Crippen molar-refractivity contribution in [2.75, 3.05) is 19.8 Å². The van der Waals surface area contributed by atoms with Crippen LogP contribution < -0.4 is 5.32 Å². The lowest BCUT2D eigenvalue weighted by Crippen LogP contribution is -2.28. The first kappa shape index (κ1) is 12.4. The third-order valence-corrected chi connectivity index (χ3v) is 3.92. The molecule has 1 atom stereocenters. The quantitative estimate of drug-likeness (QED) is 0.673. The molecule has 2 aliphatic carbocycles. The van der Waals surface area contributed by atoms with E-state index in [1.165, 1.54) is 38.5 Å². The fourth-order valence-electron chi connectivity index (χ4n) is 2.63. The zero-order valence-corrected chi connectivity index (χ0v) is 10.9. The maximum atomic E-state index is 5.62. The summed E-state index contributed by atoms with van der Waals surface area (Å²) in [5.74, 6) is 0.906. The molecule has 16 heavy (non-hydrogen) atoms. The summed E-state index contributed by atoms with van der Waals surface area (Å²) in [6, 6.07) is 0.762. The fourth-order valence-corrected chi connectivity index (χ4v) is 2.63. The highest BCUT2D eigenvalue weighted by Gasteiger charge is 2.30. The lowest BCUT2D eigenvalue weighted by Gasteiger charge is -2.17. The molecule has 2 heteroatoms. The smallest absolute Gasteiger partial charge is 0.0494 e. The van der Waals surface area contributed by atoms with Crippen molar-refractivity contribution < 1.29 is 4.74 Å². The van der Waals surface area contributed by atoms with Gasteiger partial charge in [0.2, 0.25) is 0 Å². The second-order valence-electron chi connectivity index (χ2n) is 6.43. The van der Waals surface area contributed by atoms with Crippen LogP contribution in [0.2, 0.25) is 0 Å². The third kappa shape index (κ3) is 4.42. The molecular weight excluding hydrogens is 198 g/mol. The Morgan fingerprint density at radius 1 is 1.25 bits per heavy atom. The highest BCUT2D eigenvalue weighted by atomic mass is 16.5. The first-order chi connectivity index (χ1) is 7.66. The van der Waals surface area contributed by atoms with E-state index in [0.29, 0.717) is 5.41 Å². The van der Waals surface area contributed by atoms with Crippen LogP contribution in [0, 0.1) is 11.3 Å². The van der Waals surface area contributed by atoms with Crippen molar-refractivity contribution in [3.05, 3.63) is 0 Å². The van der Waals surface area contributed by atoms with Crippen LogP contribution in [0.5, 0.6) is 0 Å². The molecule has 1 unspecified atom stereocenters. The van der Waals surface area contributed by atoms with Crippen LogP contribution in [0.15, 0.2) is 0 Å². The largest absolute Gasteiger partial charge is 0.381 e. The first-order valence-corrected chi connectivity index (χ1v) is 6.97. The van der Waals surface area contributed by atoms with Gasteiger partial charge in [-0.25, -0.2) is 0 Å². The summed E-state index contributed by atoms with van der Waals surface area (Å²) in [5, 5.41) is 3.66. The Bertz CT molecular complexity index is 211. The molecule has 2 rings (SSSR count). The second-order valence-corrected chi connectivity index (χ2v) is 6.43. The van der Waals surface area contributed by atoms with Gasteiger partial charge in [0.15, 0.2) is 0 Å². The maximum Gasteiger partial charge on any atom is 0.0494 e. The van der Waals surface area contributed by atoms with E-state index < -0.39 is 0 Å². The van der Waals surface area contributed by atoms with Gasteiger partial charge in [0.25, 0.3) is 0 Å². The van der Waals surface area contributed by atoms with Crippen molar-refractivity contribution in [1.29, 1.82) is 0 Å². The monoisotopic (exact) mass is 225 g/mol. The predicted molar refractivity (Wildman–Crippen MR) is 67.6 cm³/mol. The summed E-state index contributed by atoms with van der Waals surface area (Å²) in [5.41, 5.74) is 0.570. The average molecular weight is 225 g/mol. The van der Waals surface area contributed by atoms with E-state index in [2.05, 4.69) is 19.2 Å². The Hall–Kier alpha value is -0.0800. The number of hydrogen-bond acceptors (Lipinski definition) is 2. The van der Waals surface area contributed by atoms with Gasteiger partial charge in [-0.2, -0.15) is 0 Å². The summed E-state index contributed by atoms with van der Waals surface area (Å²) in [6.45, 7) is 7.85. The van der Waals surface area contributed by atoms with Crippen molar-refractivity contribution in [2.45, 2.75) is 58.4 Å². The number of nitrogens with one attached hydrogen (secondary N) is 1. The van der Waals surface area contributed by atoms with Gasteiger partial charge in [-0.15, -0.1) is 0 Å². The molecule has 0 radical (unpaired) electrons. The van der Waals surface area contributed by atoms with E-state index in [-0.39, 0.29) is 0 Å². The average Bonchev–Trinajstić information content (AvgIpc) is 2.97. The molecule has 2 aliphatic rings. The Kier molecular flexibility index (Phi) is 4.26. The molecule has 2 saturated carbocycles. The Morgan fingerprint density at radius 2 is 2.06 bits per heavy atom. The topological polar surface area (TPSA) is 21.3 Å². The number of rotatable bonds is 7. The highest BCUT2D eigenvalue weighted by Crippen LogP contribution is 2.36. The van der Waals surface area contributed by atoms with Crippen LogP contribution >= 0.6 is 0 Å². The molecule has 0 aromatic heterocycles. The second kappa shape index (κ2) is 5.50. The summed E-state index contributed by atoms with van der Waals surface area (Å²) in [4.78, 5) is 0. The molecule has 0 saturated heterocycles. The SMILES string of the molecule is CC1(C)CCC(NCCCOCC2CC2)C1. The van der Waals surface area contributed by atoms with Gasteiger partial charge < -0.3 is 10.1 Å². The lowest BCUT2D eigenvalue weighted by molar-refractivity contribution is 0.121. The minimum atomic E-state index is 0.570. The standard InChI is InChI=1S/C14H27NO/c1-14(2)7-6-13(10-14)15-8-3-9-16-11-12-4-5-12/h12-13,15H,3-11H2,1-2H3. The third-order valence-electron chi connectivity index (χ3n) is 3.92. The van der Waals surface area contributed by atoms with Gasteiger partial charge in [0.05, 0.1) is 0 Å². The molecule has 0 aliphatic heterocycles. The predicted octanol–water partition coefficient (Wildman–Crippen LogP) is 2.97. The van der Waals surface area contributed by atoms with Crippen LogP contribution in [0.4, 0.5) is 0 Å². The number of ether oxygens (including phenoxy) is 1. The van der Waals surface area contributed by atoms with Gasteiger partial charge in [-0.1, -0.05) is 13.8 Å². The van der Waals surface area contributed by atoms with Gasteiger partial charge in [-0.3, -0.25) is 0 Å². The number of hydrogen-bond donors (Lipinski definition) is 1. The van der Waals surface area contributed by atoms with E-state index in [1.54, 1.807) is 0 Å². The highest BCUT2D eigenvalue weighted by molar-refractivity contribution is 4.86. The van der Waals surface area contributed by atoms with Crippen molar-refractivity contribution >= 4 is 0 Å². The van der Waals surface area contributed by atoms with Gasteiger partial charge in [0, 0.05) is 19.3 Å². The molecule has 0 aromatic carbocycles. The summed E-state index contributed by atoms with van der Waals surface area (Å²) < 4.78 is 5.62. The lowest BCUT2D eigenvalue weighted by atomic mass is 9.92. The molecule has 2 nitrogen and oxygen atoms in total. The van der Waals surface area contributed by atoms with E-state index in [4.69, 9.17) is 4.74 Å². The van der Waals surface area contributed by atoms with Crippen molar-refractivity contribution in [3.8, 4) is 0 Å². The molecule has 94 valence electrons. The Balaban J connectivity index is 1.42. The molecular formula is C14H27NO. The van der Waals surface area contributed by atoms with Crippen molar-refractivity contribution in [2.24, 2.45) is 11.3 Å². The van der Waals surface area contributed by atoms with E-state index in [9.17, 15) is 0 Å². The Morgan fingerprint density at radius 3 is 2.69 bits per heavy atom. The van der Waals surface area contributed by atoms with Gasteiger partial charge in [0.1, 0.15) is 0 Å². The minimum absolute atomic E-state index is 0.570. The first-order valence-electron chi connectivity index (χ1n) is 6.97. The molecule has 0 aromatic rings.